The second-order valence-electron chi connectivity index (χ2n) is 3.54. The molecule has 0 rings (SSSR count). The molecule has 0 spiro atoms. The quantitative estimate of drug-likeness (QED) is 0.533. The van der Waals surface area contributed by atoms with Gasteiger partial charge in [0.05, 0.1) is 0 Å². The standard InChI is InChI=1S/C12H22/c1-5-11(3)9-7-8-10-12(4)6-2/h7-9,12H,5-6,10H2,1-4H3. The fourth-order valence-corrected chi connectivity index (χ4v) is 0.828. The van der Waals surface area contributed by atoms with Gasteiger partial charge in [0, 0.05) is 0 Å². The van der Waals surface area contributed by atoms with E-state index in [4.69, 9.17) is 0 Å². The third kappa shape index (κ3) is 6.21. The number of hydrogen-bond acceptors (Lipinski definition) is 0. The monoisotopic (exact) mass is 166 g/mol. The van der Waals surface area contributed by atoms with Crippen molar-refractivity contribution in [2.45, 2.75) is 47.0 Å². The van der Waals surface area contributed by atoms with Crippen molar-refractivity contribution in [1.29, 1.82) is 0 Å². The molecule has 0 aromatic carbocycles. The Kier molecular flexibility index (Phi) is 6.84. The van der Waals surface area contributed by atoms with Gasteiger partial charge in [-0.2, -0.15) is 0 Å². The highest BCUT2D eigenvalue weighted by molar-refractivity contribution is 5.09. The van der Waals surface area contributed by atoms with E-state index in [0.717, 1.165) is 12.3 Å². The zero-order valence-corrected chi connectivity index (χ0v) is 8.93. The minimum Gasteiger partial charge on any atom is -0.0843 e. The van der Waals surface area contributed by atoms with Gasteiger partial charge < -0.3 is 0 Å². The molecular formula is C12H22. The Labute approximate surface area is 77.4 Å². The summed E-state index contributed by atoms with van der Waals surface area (Å²) in [5.74, 6) is 0.830. The molecule has 0 heteroatoms. The van der Waals surface area contributed by atoms with Crippen LogP contribution in [0, 0.1) is 5.92 Å². The molecule has 0 aliphatic carbocycles. The van der Waals surface area contributed by atoms with Gasteiger partial charge in [0.1, 0.15) is 0 Å². The van der Waals surface area contributed by atoms with Gasteiger partial charge in [-0.05, 0) is 25.7 Å². The van der Waals surface area contributed by atoms with E-state index in [1.807, 2.05) is 0 Å². The number of allylic oxidation sites excluding steroid dienone is 4. The summed E-state index contributed by atoms with van der Waals surface area (Å²) in [7, 11) is 0. The van der Waals surface area contributed by atoms with Crippen molar-refractivity contribution in [1.82, 2.24) is 0 Å². The van der Waals surface area contributed by atoms with Crippen LogP contribution >= 0.6 is 0 Å². The maximum Gasteiger partial charge on any atom is -0.0322 e. The van der Waals surface area contributed by atoms with Gasteiger partial charge in [-0.3, -0.25) is 0 Å². The first kappa shape index (κ1) is 11.5. The first-order valence-corrected chi connectivity index (χ1v) is 5.03. The Bertz CT molecular complexity index is 151. The normalized spacial score (nSPS) is 15.5. The second-order valence-corrected chi connectivity index (χ2v) is 3.54. The average Bonchev–Trinajstić information content (AvgIpc) is 2.11. The first-order chi connectivity index (χ1) is 5.70. The second kappa shape index (κ2) is 7.15. The van der Waals surface area contributed by atoms with Crippen molar-refractivity contribution in [2.75, 3.05) is 0 Å². The highest BCUT2D eigenvalue weighted by Crippen LogP contribution is 2.07. The zero-order chi connectivity index (χ0) is 9.40. The Morgan fingerprint density at radius 2 is 2.00 bits per heavy atom. The van der Waals surface area contributed by atoms with Gasteiger partial charge in [0.15, 0.2) is 0 Å². The first-order valence-electron chi connectivity index (χ1n) is 5.03. The van der Waals surface area contributed by atoms with Crippen molar-refractivity contribution in [2.24, 2.45) is 5.92 Å². The molecule has 0 fully saturated rings. The molecule has 0 amide bonds. The van der Waals surface area contributed by atoms with Gasteiger partial charge in [0.2, 0.25) is 0 Å². The van der Waals surface area contributed by atoms with Crippen LogP contribution in [-0.4, -0.2) is 0 Å². The average molecular weight is 166 g/mol. The smallest absolute Gasteiger partial charge is 0.0322 e. The van der Waals surface area contributed by atoms with Crippen LogP contribution in [0.4, 0.5) is 0 Å². The van der Waals surface area contributed by atoms with Crippen molar-refractivity contribution in [3.63, 3.8) is 0 Å². The SMILES string of the molecule is CCC(C)=CC=CCC(C)CC. The highest BCUT2D eigenvalue weighted by atomic mass is 14.0. The summed E-state index contributed by atoms with van der Waals surface area (Å²) >= 11 is 0. The van der Waals surface area contributed by atoms with E-state index in [1.165, 1.54) is 18.4 Å². The lowest BCUT2D eigenvalue weighted by Gasteiger charge is -2.01. The maximum absolute atomic E-state index is 2.29. The molecule has 0 N–H and O–H groups in total. The van der Waals surface area contributed by atoms with Crippen LogP contribution in [0.15, 0.2) is 23.8 Å². The molecule has 0 aliphatic rings. The lowest BCUT2D eigenvalue weighted by atomic mass is 10.1. The molecule has 0 nitrogen and oxygen atoms in total. The van der Waals surface area contributed by atoms with E-state index in [2.05, 4.69) is 45.9 Å². The Morgan fingerprint density at radius 1 is 1.33 bits per heavy atom. The summed E-state index contributed by atoms with van der Waals surface area (Å²) in [6, 6.07) is 0. The molecule has 0 radical (unpaired) electrons. The van der Waals surface area contributed by atoms with Crippen LogP contribution in [-0.2, 0) is 0 Å². The molecular weight excluding hydrogens is 144 g/mol. The van der Waals surface area contributed by atoms with Crippen molar-refractivity contribution < 1.29 is 0 Å². The Balaban J connectivity index is 3.62. The minimum atomic E-state index is 0.830. The third-order valence-corrected chi connectivity index (χ3v) is 2.31. The van der Waals surface area contributed by atoms with Crippen LogP contribution in [0.25, 0.3) is 0 Å². The topological polar surface area (TPSA) is 0 Å². The molecule has 1 unspecified atom stereocenters. The van der Waals surface area contributed by atoms with Gasteiger partial charge in [-0.15, -0.1) is 0 Å². The molecule has 0 heterocycles. The fourth-order valence-electron chi connectivity index (χ4n) is 0.828. The van der Waals surface area contributed by atoms with Crippen molar-refractivity contribution in [3.8, 4) is 0 Å². The van der Waals surface area contributed by atoms with E-state index < -0.39 is 0 Å². The van der Waals surface area contributed by atoms with E-state index >= 15 is 0 Å². The lowest BCUT2D eigenvalue weighted by Crippen LogP contribution is -1.87. The summed E-state index contributed by atoms with van der Waals surface area (Å²) < 4.78 is 0. The maximum atomic E-state index is 2.29. The third-order valence-electron chi connectivity index (χ3n) is 2.31. The van der Waals surface area contributed by atoms with Gasteiger partial charge in [-0.25, -0.2) is 0 Å². The minimum absolute atomic E-state index is 0.830. The molecule has 0 aromatic heterocycles. The number of rotatable bonds is 5. The van der Waals surface area contributed by atoms with Gasteiger partial charge >= 0.3 is 0 Å². The van der Waals surface area contributed by atoms with Gasteiger partial charge in [0.25, 0.3) is 0 Å². The summed E-state index contributed by atoms with van der Waals surface area (Å²) in [6.07, 6.45) is 10.3. The van der Waals surface area contributed by atoms with Crippen LogP contribution in [0.5, 0.6) is 0 Å². The van der Waals surface area contributed by atoms with E-state index in [1.54, 1.807) is 0 Å². The molecule has 0 saturated heterocycles. The molecule has 12 heavy (non-hydrogen) atoms. The fraction of sp³-hybridized carbons (Fsp3) is 0.667. The van der Waals surface area contributed by atoms with E-state index in [-0.39, 0.29) is 0 Å². The molecule has 0 aliphatic heterocycles. The van der Waals surface area contributed by atoms with Crippen LogP contribution < -0.4 is 0 Å². The largest absolute Gasteiger partial charge is 0.0843 e. The molecule has 1 atom stereocenters. The summed E-state index contributed by atoms with van der Waals surface area (Å²) in [5.41, 5.74) is 1.45. The predicted molar refractivity (Wildman–Crippen MR) is 57.3 cm³/mol. The van der Waals surface area contributed by atoms with Crippen LogP contribution in [0.1, 0.15) is 47.0 Å². The molecule has 0 aromatic rings. The number of hydrogen-bond donors (Lipinski definition) is 0. The summed E-state index contributed by atoms with van der Waals surface area (Å²) in [4.78, 5) is 0. The Hall–Kier alpha value is -0.520. The van der Waals surface area contributed by atoms with E-state index in [0.29, 0.717) is 0 Å². The summed E-state index contributed by atoms with van der Waals surface area (Å²) in [5, 5.41) is 0. The van der Waals surface area contributed by atoms with Crippen LogP contribution in [0.3, 0.4) is 0 Å². The van der Waals surface area contributed by atoms with Crippen molar-refractivity contribution >= 4 is 0 Å². The van der Waals surface area contributed by atoms with Crippen LogP contribution in [0.2, 0.25) is 0 Å². The zero-order valence-electron chi connectivity index (χ0n) is 8.93. The molecule has 0 saturated carbocycles. The molecule has 0 bridgehead atoms. The Morgan fingerprint density at radius 3 is 2.50 bits per heavy atom. The lowest BCUT2D eigenvalue weighted by molar-refractivity contribution is 0.572. The van der Waals surface area contributed by atoms with Gasteiger partial charge in [-0.1, -0.05) is 51.0 Å². The molecule has 70 valence electrons. The highest BCUT2D eigenvalue weighted by Gasteiger charge is 1.92. The summed E-state index contributed by atoms with van der Waals surface area (Å²) in [6.45, 7) is 8.90. The van der Waals surface area contributed by atoms with Crippen molar-refractivity contribution in [3.05, 3.63) is 23.8 Å². The predicted octanol–water partition coefficient (Wildman–Crippen LogP) is 4.34. The van der Waals surface area contributed by atoms with E-state index in [9.17, 15) is 0 Å².